The molecule has 0 radical (unpaired) electrons. The molecular formula is C22H23ClF3N3O4. The number of hydrogen-bond donors (Lipinski definition) is 4. The summed E-state index contributed by atoms with van der Waals surface area (Å²) < 4.78 is 43.5. The van der Waals surface area contributed by atoms with Crippen LogP contribution in [0.2, 0.25) is 5.02 Å². The summed E-state index contributed by atoms with van der Waals surface area (Å²) in [5, 5.41) is 18.6. The van der Waals surface area contributed by atoms with Gasteiger partial charge in [-0.1, -0.05) is 29.8 Å². The second-order valence-corrected chi connectivity index (χ2v) is 7.66. The summed E-state index contributed by atoms with van der Waals surface area (Å²) in [6, 6.07) is 11.3. The van der Waals surface area contributed by atoms with E-state index in [1.54, 1.807) is 24.3 Å². The number of carbonyl (C=O) groups excluding carboxylic acids is 2. The van der Waals surface area contributed by atoms with Crippen molar-refractivity contribution in [3.8, 4) is 0 Å². The topological polar surface area (TPSA) is 99.7 Å². The highest BCUT2D eigenvalue weighted by Crippen LogP contribution is 2.30. The lowest BCUT2D eigenvalue weighted by atomic mass is 10.1. The minimum absolute atomic E-state index is 0.0829. The van der Waals surface area contributed by atoms with Crippen molar-refractivity contribution in [3.05, 3.63) is 76.6 Å². The molecule has 178 valence electrons. The highest BCUT2D eigenvalue weighted by molar-refractivity contribution is 6.30. The summed E-state index contributed by atoms with van der Waals surface area (Å²) in [5.41, 5.74) is -1.92. The van der Waals surface area contributed by atoms with Crippen LogP contribution in [0.1, 0.15) is 18.1 Å². The summed E-state index contributed by atoms with van der Waals surface area (Å²) in [5.74, 6) is -1.56. The normalized spacial score (nSPS) is 13.6. The molecule has 0 bridgehead atoms. The molecule has 0 aliphatic carbocycles. The molecule has 0 heterocycles. The molecule has 11 heteroatoms. The number of methoxy groups -OCH3 is 1. The average molecular weight is 486 g/mol. The fraction of sp³-hybridized carbons (Fsp3) is 0.273. The Hall–Kier alpha value is -3.24. The molecule has 1 amide bonds. The molecule has 0 saturated heterocycles. The molecule has 0 aliphatic heterocycles. The minimum Gasteiger partial charge on any atom is -0.467 e. The molecule has 0 aromatic heterocycles. The van der Waals surface area contributed by atoms with E-state index in [0.29, 0.717) is 5.02 Å². The standard InChI is InChI=1S/C22H23ClF3N3O4/c1-21(32,20(31)33-2)13-28-19(30)11-18(27-12-14-6-8-16(23)9-7-14)29-17-5-3-4-15(10-17)22(24,25)26/h3-11,27,29,32H,12-13H2,1-2H3,(H,28,30)/b18-11+. The zero-order valence-electron chi connectivity index (χ0n) is 17.8. The molecule has 2 rings (SSSR count). The Balaban J connectivity index is 2.19. The number of benzene rings is 2. The van der Waals surface area contributed by atoms with E-state index in [0.717, 1.165) is 30.9 Å². The second-order valence-electron chi connectivity index (χ2n) is 7.22. The Labute approximate surface area is 193 Å². The van der Waals surface area contributed by atoms with Gasteiger partial charge >= 0.3 is 12.1 Å². The van der Waals surface area contributed by atoms with Crippen LogP contribution in [-0.2, 0) is 27.0 Å². The van der Waals surface area contributed by atoms with Crippen molar-refractivity contribution in [1.82, 2.24) is 10.6 Å². The lowest BCUT2D eigenvalue weighted by molar-refractivity contribution is -0.160. The fourth-order valence-electron chi connectivity index (χ4n) is 2.59. The van der Waals surface area contributed by atoms with Gasteiger partial charge in [0.15, 0.2) is 5.60 Å². The Bertz CT molecular complexity index is 1010. The van der Waals surface area contributed by atoms with Crippen molar-refractivity contribution in [3.63, 3.8) is 0 Å². The minimum atomic E-state index is -4.53. The summed E-state index contributed by atoms with van der Waals surface area (Å²) in [7, 11) is 1.09. The van der Waals surface area contributed by atoms with Crippen LogP contribution in [0.5, 0.6) is 0 Å². The van der Waals surface area contributed by atoms with Gasteiger partial charge in [0.25, 0.3) is 0 Å². The first-order chi connectivity index (χ1) is 15.4. The maximum atomic E-state index is 13.0. The van der Waals surface area contributed by atoms with Gasteiger partial charge in [-0.15, -0.1) is 0 Å². The summed E-state index contributed by atoms with van der Waals surface area (Å²) in [6.45, 7) is 0.953. The number of carbonyl (C=O) groups is 2. The molecule has 0 aliphatic rings. The van der Waals surface area contributed by atoms with E-state index in [9.17, 15) is 27.9 Å². The quantitative estimate of drug-likeness (QED) is 0.321. The van der Waals surface area contributed by atoms with Crippen LogP contribution in [0.25, 0.3) is 0 Å². The first kappa shape index (κ1) is 26.0. The highest BCUT2D eigenvalue weighted by atomic mass is 35.5. The molecule has 33 heavy (non-hydrogen) atoms. The van der Waals surface area contributed by atoms with Crippen molar-refractivity contribution in [2.45, 2.75) is 25.2 Å². The number of rotatable bonds is 9. The Morgan fingerprint density at radius 1 is 1.12 bits per heavy atom. The van der Waals surface area contributed by atoms with Gasteiger partial charge in [-0.25, -0.2) is 4.79 Å². The number of alkyl halides is 3. The van der Waals surface area contributed by atoms with Crippen LogP contribution in [0, 0.1) is 0 Å². The van der Waals surface area contributed by atoms with Gasteiger partial charge in [-0.2, -0.15) is 13.2 Å². The van der Waals surface area contributed by atoms with E-state index < -0.39 is 35.8 Å². The van der Waals surface area contributed by atoms with E-state index >= 15 is 0 Å². The maximum absolute atomic E-state index is 13.0. The predicted molar refractivity (Wildman–Crippen MR) is 117 cm³/mol. The summed E-state index contributed by atoms with van der Waals surface area (Å²) in [6.07, 6.45) is -3.47. The number of nitrogens with one attached hydrogen (secondary N) is 3. The molecule has 1 atom stereocenters. The smallest absolute Gasteiger partial charge is 0.416 e. The third-order valence-corrected chi connectivity index (χ3v) is 4.62. The second kappa shape index (κ2) is 11.1. The maximum Gasteiger partial charge on any atom is 0.416 e. The number of halogens is 4. The number of ether oxygens (including phenoxy) is 1. The van der Waals surface area contributed by atoms with E-state index in [-0.39, 0.29) is 18.1 Å². The van der Waals surface area contributed by atoms with Gasteiger partial charge in [0.1, 0.15) is 5.82 Å². The van der Waals surface area contributed by atoms with E-state index in [1.165, 1.54) is 19.1 Å². The Morgan fingerprint density at radius 2 is 1.79 bits per heavy atom. The van der Waals surface area contributed by atoms with Gasteiger partial charge in [0.05, 0.1) is 19.2 Å². The van der Waals surface area contributed by atoms with Crippen LogP contribution >= 0.6 is 11.6 Å². The van der Waals surface area contributed by atoms with E-state index in [2.05, 4.69) is 20.7 Å². The third kappa shape index (κ3) is 8.32. The lowest BCUT2D eigenvalue weighted by Gasteiger charge is -2.20. The number of anilines is 1. The SMILES string of the molecule is COC(=O)C(C)(O)CNC(=O)/C=C(\NCc1ccc(Cl)cc1)Nc1cccc(C(F)(F)F)c1. The molecule has 0 spiro atoms. The van der Waals surface area contributed by atoms with Crippen LogP contribution in [0.4, 0.5) is 18.9 Å². The van der Waals surface area contributed by atoms with Crippen molar-refractivity contribution in [1.29, 1.82) is 0 Å². The highest BCUT2D eigenvalue weighted by Gasteiger charge is 2.32. The van der Waals surface area contributed by atoms with Gasteiger partial charge in [-0.05, 0) is 42.8 Å². The fourth-order valence-corrected chi connectivity index (χ4v) is 2.72. The van der Waals surface area contributed by atoms with Crippen LogP contribution < -0.4 is 16.0 Å². The molecule has 2 aromatic rings. The third-order valence-electron chi connectivity index (χ3n) is 4.37. The molecule has 4 N–H and O–H groups in total. The van der Waals surface area contributed by atoms with Gasteiger partial charge in [0.2, 0.25) is 5.91 Å². The monoisotopic (exact) mass is 485 g/mol. The lowest BCUT2D eigenvalue weighted by Crippen LogP contribution is -2.47. The summed E-state index contributed by atoms with van der Waals surface area (Å²) in [4.78, 5) is 23.9. The largest absolute Gasteiger partial charge is 0.467 e. The van der Waals surface area contributed by atoms with Crippen LogP contribution in [0.15, 0.2) is 60.4 Å². The number of aliphatic hydroxyl groups is 1. The Kier molecular flexibility index (Phi) is 8.72. The van der Waals surface area contributed by atoms with Gasteiger partial charge < -0.3 is 25.8 Å². The average Bonchev–Trinajstić information content (AvgIpc) is 2.76. The van der Waals surface area contributed by atoms with E-state index in [1.807, 2.05) is 0 Å². The van der Waals surface area contributed by atoms with Crippen molar-refractivity contribution in [2.75, 3.05) is 19.0 Å². The van der Waals surface area contributed by atoms with Crippen LogP contribution in [-0.4, -0.2) is 36.2 Å². The van der Waals surface area contributed by atoms with Crippen molar-refractivity contribution in [2.24, 2.45) is 0 Å². The molecular weight excluding hydrogens is 463 g/mol. The zero-order valence-corrected chi connectivity index (χ0v) is 18.6. The molecule has 1 unspecified atom stereocenters. The van der Waals surface area contributed by atoms with Gasteiger partial charge in [0, 0.05) is 23.3 Å². The predicted octanol–water partition coefficient (Wildman–Crippen LogP) is 3.44. The molecule has 7 nitrogen and oxygen atoms in total. The van der Waals surface area contributed by atoms with Crippen molar-refractivity contribution >= 4 is 29.2 Å². The van der Waals surface area contributed by atoms with Crippen molar-refractivity contribution < 1.29 is 32.6 Å². The number of amides is 1. The number of esters is 1. The molecule has 0 fully saturated rings. The Morgan fingerprint density at radius 3 is 2.39 bits per heavy atom. The van der Waals surface area contributed by atoms with Gasteiger partial charge in [-0.3, -0.25) is 4.79 Å². The van der Waals surface area contributed by atoms with Crippen LogP contribution in [0.3, 0.4) is 0 Å². The van der Waals surface area contributed by atoms with E-state index in [4.69, 9.17) is 11.6 Å². The molecule has 2 aromatic carbocycles. The zero-order chi connectivity index (χ0) is 24.6. The first-order valence-corrected chi connectivity index (χ1v) is 10.0. The first-order valence-electron chi connectivity index (χ1n) is 9.63. The summed E-state index contributed by atoms with van der Waals surface area (Å²) >= 11 is 5.86. The molecule has 0 saturated carbocycles. The number of hydrogen-bond acceptors (Lipinski definition) is 6.